The highest BCUT2D eigenvalue weighted by atomic mass is 16.3. The summed E-state index contributed by atoms with van der Waals surface area (Å²) in [7, 11) is 0. The first-order valence-electron chi connectivity index (χ1n) is 3.86. The van der Waals surface area contributed by atoms with Crippen LogP contribution < -0.4 is 5.32 Å². The molecular formula is C10H13NO. The highest BCUT2D eigenvalue weighted by Crippen LogP contribution is 2.09. The lowest BCUT2D eigenvalue weighted by molar-refractivity contribution is 0.253. The van der Waals surface area contributed by atoms with Crippen LogP contribution in [-0.2, 0) is 0 Å². The minimum absolute atomic E-state index is 0.673. The van der Waals surface area contributed by atoms with Gasteiger partial charge in [0.15, 0.2) is 0 Å². The Labute approximate surface area is 72.5 Å². The summed E-state index contributed by atoms with van der Waals surface area (Å²) in [5, 5.41) is 12.0. The van der Waals surface area contributed by atoms with Gasteiger partial charge in [0.25, 0.3) is 0 Å². The molecule has 0 saturated heterocycles. The van der Waals surface area contributed by atoms with E-state index in [9.17, 15) is 0 Å². The largest absolute Gasteiger partial charge is 0.370 e. The van der Waals surface area contributed by atoms with Crippen molar-refractivity contribution in [3.63, 3.8) is 0 Å². The van der Waals surface area contributed by atoms with E-state index in [0.717, 1.165) is 5.69 Å². The summed E-state index contributed by atoms with van der Waals surface area (Å²) >= 11 is 0. The number of hydrogen-bond acceptors (Lipinski definition) is 2. The molecule has 0 saturated carbocycles. The van der Waals surface area contributed by atoms with Crippen LogP contribution >= 0.6 is 0 Å². The quantitative estimate of drug-likeness (QED) is 0.527. The number of hydrogen-bond donors (Lipinski definition) is 2. The molecule has 0 aliphatic heterocycles. The van der Waals surface area contributed by atoms with Gasteiger partial charge in [-0.15, -0.1) is 0 Å². The second kappa shape index (κ2) is 3.93. The molecule has 0 bridgehead atoms. The molecule has 1 atom stereocenters. The van der Waals surface area contributed by atoms with E-state index in [0.29, 0.717) is 0 Å². The Morgan fingerprint density at radius 2 is 2.00 bits per heavy atom. The summed E-state index contributed by atoms with van der Waals surface area (Å²) in [5.74, 6) is 0. The van der Waals surface area contributed by atoms with Gasteiger partial charge in [-0.3, -0.25) is 0 Å². The van der Waals surface area contributed by atoms with Crippen LogP contribution in [0, 0.1) is 6.92 Å². The molecule has 1 unspecified atom stereocenters. The first kappa shape index (κ1) is 8.81. The minimum Gasteiger partial charge on any atom is -0.370 e. The molecule has 0 amide bonds. The summed E-state index contributed by atoms with van der Waals surface area (Å²) in [5.41, 5.74) is 2.10. The summed E-state index contributed by atoms with van der Waals surface area (Å²) in [6, 6.07) is 7.81. The zero-order chi connectivity index (χ0) is 8.97. The minimum atomic E-state index is -0.673. The van der Waals surface area contributed by atoms with Gasteiger partial charge in [-0.2, -0.15) is 0 Å². The third-order valence-electron chi connectivity index (χ3n) is 1.59. The van der Waals surface area contributed by atoms with Gasteiger partial charge in [-0.05, 0) is 25.1 Å². The van der Waals surface area contributed by atoms with Gasteiger partial charge in [-0.25, -0.2) is 0 Å². The van der Waals surface area contributed by atoms with Gasteiger partial charge < -0.3 is 10.4 Å². The lowest BCUT2D eigenvalue weighted by Crippen LogP contribution is -2.14. The summed E-state index contributed by atoms with van der Waals surface area (Å²) in [6.07, 6.45) is 0.771. The average molecular weight is 163 g/mol. The first-order chi connectivity index (χ1) is 5.72. The Balaban J connectivity index is 2.64. The molecule has 0 radical (unpaired) electrons. The van der Waals surface area contributed by atoms with Gasteiger partial charge in [0.1, 0.15) is 6.23 Å². The number of benzene rings is 1. The van der Waals surface area contributed by atoms with E-state index in [4.69, 9.17) is 5.11 Å². The first-order valence-corrected chi connectivity index (χ1v) is 3.86. The normalized spacial score (nSPS) is 12.2. The molecule has 0 aliphatic rings. The standard InChI is InChI=1S/C10H13NO/c1-3-10(12)11-9-6-4-8(2)5-7-9/h3-7,10-12H,1H2,2H3. The average Bonchev–Trinajstić information content (AvgIpc) is 2.09. The maximum absolute atomic E-state index is 9.15. The van der Waals surface area contributed by atoms with Gasteiger partial charge in [0.05, 0.1) is 0 Å². The van der Waals surface area contributed by atoms with Crippen molar-refractivity contribution >= 4 is 5.69 Å². The van der Waals surface area contributed by atoms with E-state index in [1.54, 1.807) is 0 Å². The molecule has 0 spiro atoms. The maximum atomic E-state index is 9.15. The smallest absolute Gasteiger partial charge is 0.143 e. The fourth-order valence-electron chi connectivity index (χ4n) is 0.879. The van der Waals surface area contributed by atoms with Crippen molar-refractivity contribution in [3.05, 3.63) is 42.5 Å². The maximum Gasteiger partial charge on any atom is 0.143 e. The van der Waals surface area contributed by atoms with Crippen molar-refractivity contribution in [2.45, 2.75) is 13.2 Å². The lowest BCUT2D eigenvalue weighted by Gasteiger charge is -2.09. The Kier molecular flexibility index (Phi) is 2.88. The molecule has 2 nitrogen and oxygen atoms in total. The predicted octanol–water partition coefficient (Wildman–Crippen LogP) is 1.91. The van der Waals surface area contributed by atoms with Gasteiger partial charge >= 0.3 is 0 Å². The van der Waals surface area contributed by atoms with E-state index in [2.05, 4.69) is 11.9 Å². The molecule has 0 aromatic heterocycles. The van der Waals surface area contributed by atoms with E-state index in [-0.39, 0.29) is 0 Å². The Hall–Kier alpha value is -1.28. The van der Waals surface area contributed by atoms with Crippen molar-refractivity contribution < 1.29 is 5.11 Å². The van der Waals surface area contributed by atoms with E-state index >= 15 is 0 Å². The lowest BCUT2D eigenvalue weighted by atomic mass is 10.2. The van der Waals surface area contributed by atoms with Crippen molar-refractivity contribution in [1.29, 1.82) is 0 Å². The number of nitrogens with one attached hydrogen (secondary N) is 1. The zero-order valence-electron chi connectivity index (χ0n) is 7.12. The molecule has 1 rings (SSSR count). The number of rotatable bonds is 3. The van der Waals surface area contributed by atoms with Crippen LogP contribution in [0.3, 0.4) is 0 Å². The molecule has 2 heteroatoms. The fraction of sp³-hybridized carbons (Fsp3) is 0.200. The molecule has 12 heavy (non-hydrogen) atoms. The van der Waals surface area contributed by atoms with E-state index < -0.39 is 6.23 Å². The van der Waals surface area contributed by atoms with Crippen LogP contribution in [0.5, 0.6) is 0 Å². The second-order valence-electron chi connectivity index (χ2n) is 2.69. The molecular weight excluding hydrogens is 150 g/mol. The van der Waals surface area contributed by atoms with Crippen LogP contribution in [0.25, 0.3) is 0 Å². The van der Waals surface area contributed by atoms with Crippen LogP contribution in [0.4, 0.5) is 5.69 Å². The van der Waals surface area contributed by atoms with Crippen molar-refractivity contribution in [2.24, 2.45) is 0 Å². The van der Waals surface area contributed by atoms with Gasteiger partial charge in [-0.1, -0.05) is 24.3 Å². The molecule has 0 aliphatic carbocycles. The summed E-state index contributed by atoms with van der Waals surface area (Å²) in [6.45, 7) is 5.48. The van der Waals surface area contributed by atoms with Crippen LogP contribution in [0.15, 0.2) is 36.9 Å². The number of aliphatic hydroxyl groups is 1. The monoisotopic (exact) mass is 163 g/mol. The SMILES string of the molecule is C=CC(O)Nc1ccc(C)cc1. The van der Waals surface area contributed by atoms with Crippen LogP contribution in [0.1, 0.15) is 5.56 Å². The summed E-state index contributed by atoms with van der Waals surface area (Å²) < 4.78 is 0. The van der Waals surface area contributed by atoms with Crippen molar-refractivity contribution in [2.75, 3.05) is 5.32 Å². The predicted molar refractivity (Wildman–Crippen MR) is 51.0 cm³/mol. The van der Waals surface area contributed by atoms with E-state index in [1.165, 1.54) is 11.6 Å². The number of aliphatic hydroxyl groups excluding tert-OH is 1. The number of aryl methyl sites for hydroxylation is 1. The van der Waals surface area contributed by atoms with E-state index in [1.807, 2.05) is 31.2 Å². The Bertz CT molecular complexity index is 253. The topological polar surface area (TPSA) is 32.3 Å². The van der Waals surface area contributed by atoms with Gasteiger partial charge in [0.2, 0.25) is 0 Å². The van der Waals surface area contributed by atoms with Crippen LogP contribution in [0.2, 0.25) is 0 Å². The van der Waals surface area contributed by atoms with Crippen molar-refractivity contribution in [3.8, 4) is 0 Å². The molecule has 0 heterocycles. The molecule has 64 valence electrons. The Morgan fingerprint density at radius 1 is 1.42 bits per heavy atom. The molecule has 1 aromatic carbocycles. The third kappa shape index (κ3) is 2.40. The van der Waals surface area contributed by atoms with Crippen LogP contribution in [-0.4, -0.2) is 11.3 Å². The zero-order valence-corrected chi connectivity index (χ0v) is 7.12. The molecule has 1 aromatic rings. The Morgan fingerprint density at radius 3 is 2.50 bits per heavy atom. The highest BCUT2D eigenvalue weighted by Gasteiger charge is 1.95. The second-order valence-corrected chi connectivity index (χ2v) is 2.69. The fourth-order valence-corrected chi connectivity index (χ4v) is 0.879. The molecule has 2 N–H and O–H groups in total. The third-order valence-corrected chi connectivity index (χ3v) is 1.59. The van der Waals surface area contributed by atoms with Gasteiger partial charge in [0, 0.05) is 5.69 Å². The molecule has 0 fully saturated rings. The van der Waals surface area contributed by atoms with Crippen molar-refractivity contribution in [1.82, 2.24) is 0 Å². The summed E-state index contributed by atoms with van der Waals surface area (Å²) in [4.78, 5) is 0. The number of anilines is 1. The highest BCUT2D eigenvalue weighted by molar-refractivity contribution is 5.45.